The molecule has 0 atom stereocenters. The zero-order valence-corrected chi connectivity index (χ0v) is 15.4. The maximum Gasteiger partial charge on any atom is 0.140 e. The van der Waals surface area contributed by atoms with Gasteiger partial charge in [0, 0.05) is 33.3 Å². The van der Waals surface area contributed by atoms with Crippen molar-refractivity contribution < 1.29 is 0 Å². The first-order chi connectivity index (χ1) is 12.3. The van der Waals surface area contributed by atoms with Crippen LogP contribution >= 0.6 is 27.3 Å². The summed E-state index contributed by atoms with van der Waals surface area (Å²) in [5, 5.41) is 3.22. The van der Waals surface area contributed by atoms with Gasteiger partial charge >= 0.3 is 0 Å². The van der Waals surface area contributed by atoms with Crippen LogP contribution in [0.2, 0.25) is 0 Å². The largest absolute Gasteiger partial charge is 0.360 e. The van der Waals surface area contributed by atoms with Gasteiger partial charge in [0.15, 0.2) is 0 Å². The molecule has 5 aromatic rings. The molecule has 0 amide bonds. The van der Waals surface area contributed by atoms with Crippen molar-refractivity contribution in [1.82, 2.24) is 19.9 Å². The van der Waals surface area contributed by atoms with E-state index in [1.807, 2.05) is 30.6 Å². The van der Waals surface area contributed by atoms with Gasteiger partial charge in [-0.3, -0.25) is 0 Å². The lowest BCUT2D eigenvalue weighted by atomic mass is 10.2. The van der Waals surface area contributed by atoms with Crippen molar-refractivity contribution in [1.29, 1.82) is 0 Å². The van der Waals surface area contributed by atoms with Crippen LogP contribution in [0.5, 0.6) is 0 Å². The fourth-order valence-electron chi connectivity index (χ4n) is 3.06. The Morgan fingerprint density at radius 3 is 2.80 bits per heavy atom. The fourth-order valence-corrected chi connectivity index (χ4v) is 4.15. The average Bonchev–Trinajstić information content (AvgIpc) is 3.37. The number of hydrogen-bond donors (Lipinski definition) is 3. The van der Waals surface area contributed by atoms with E-state index in [0.717, 1.165) is 43.8 Å². The minimum atomic E-state index is 0.859. The van der Waals surface area contributed by atoms with Crippen LogP contribution in [0.25, 0.3) is 44.2 Å². The number of thiophene rings is 1. The van der Waals surface area contributed by atoms with Crippen LogP contribution in [0.15, 0.2) is 64.7 Å². The Morgan fingerprint density at radius 1 is 1.04 bits per heavy atom. The van der Waals surface area contributed by atoms with Gasteiger partial charge in [-0.2, -0.15) is 0 Å². The molecule has 0 spiro atoms. The zero-order chi connectivity index (χ0) is 16.8. The number of aromatic nitrogens is 4. The van der Waals surface area contributed by atoms with E-state index in [9.17, 15) is 0 Å². The maximum absolute atomic E-state index is 4.92. The number of nitrogens with one attached hydrogen (secondary N) is 3. The smallest absolute Gasteiger partial charge is 0.140 e. The van der Waals surface area contributed by atoms with E-state index in [-0.39, 0.29) is 0 Å². The van der Waals surface area contributed by atoms with Gasteiger partial charge < -0.3 is 15.0 Å². The van der Waals surface area contributed by atoms with Gasteiger partial charge in [-0.1, -0.05) is 22.0 Å². The van der Waals surface area contributed by atoms with Crippen LogP contribution in [-0.2, 0) is 0 Å². The van der Waals surface area contributed by atoms with Crippen LogP contribution in [0.3, 0.4) is 0 Å². The third kappa shape index (κ3) is 2.45. The molecule has 0 aliphatic rings. The van der Waals surface area contributed by atoms with Gasteiger partial charge in [-0.05, 0) is 41.8 Å². The topological polar surface area (TPSA) is 60.3 Å². The molecule has 0 aliphatic heterocycles. The van der Waals surface area contributed by atoms with Crippen LogP contribution < -0.4 is 0 Å². The van der Waals surface area contributed by atoms with E-state index in [4.69, 9.17) is 4.98 Å². The van der Waals surface area contributed by atoms with Crippen molar-refractivity contribution in [3.05, 3.63) is 64.7 Å². The highest BCUT2D eigenvalue weighted by Gasteiger charge is 2.18. The molecule has 0 saturated heterocycles. The second kappa shape index (κ2) is 5.75. The first-order valence-electron chi connectivity index (χ1n) is 7.84. The molecule has 3 N–H and O–H groups in total. The van der Waals surface area contributed by atoms with Crippen LogP contribution in [0, 0.1) is 0 Å². The molecule has 0 saturated carbocycles. The summed E-state index contributed by atoms with van der Waals surface area (Å²) >= 11 is 5.26. The number of H-pyrrole nitrogens is 3. The van der Waals surface area contributed by atoms with Gasteiger partial charge in [-0.25, -0.2) is 4.98 Å². The molecule has 0 fully saturated rings. The molecule has 4 nitrogen and oxygen atoms in total. The Balaban J connectivity index is 1.74. The number of hydrogen-bond acceptors (Lipinski definition) is 2. The monoisotopic (exact) mass is 408 g/mol. The van der Waals surface area contributed by atoms with E-state index in [2.05, 4.69) is 60.5 Å². The predicted molar refractivity (Wildman–Crippen MR) is 107 cm³/mol. The van der Waals surface area contributed by atoms with Gasteiger partial charge in [0.05, 0.1) is 16.3 Å². The minimum Gasteiger partial charge on any atom is -0.360 e. The highest BCUT2D eigenvalue weighted by atomic mass is 79.9. The standard InChI is InChI=1S/C19H13BrN4S/c20-11-5-6-14-12(9-11)13(10-22-14)19-23-17(15-3-1-7-21-15)18(24-19)16-4-2-8-25-16/h1-10,21-22H,(H,23,24). The summed E-state index contributed by atoms with van der Waals surface area (Å²) in [4.78, 5) is 16.2. The molecule has 0 unspecified atom stereocenters. The van der Waals surface area contributed by atoms with Crippen molar-refractivity contribution in [2.75, 3.05) is 0 Å². The van der Waals surface area contributed by atoms with Gasteiger partial charge in [-0.15, -0.1) is 11.3 Å². The molecule has 5 rings (SSSR count). The quantitative estimate of drug-likeness (QED) is 0.334. The Kier molecular flexibility index (Phi) is 3.39. The molecular weight excluding hydrogens is 396 g/mol. The third-order valence-electron chi connectivity index (χ3n) is 4.22. The van der Waals surface area contributed by atoms with E-state index in [1.54, 1.807) is 11.3 Å². The second-order valence-corrected chi connectivity index (χ2v) is 7.63. The molecule has 0 radical (unpaired) electrons. The predicted octanol–water partition coefficient (Wildman–Crippen LogP) is 6.04. The van der Waals surface area contributed by atoms with Crippen molar-refractivity contribution in [2.24, 2.45) is 0 Å². The maximum atomic E-state index is 4.92. The van der Waals surface area contributed by atoms with Crippen molar-refractivity contribution in [3.8, 4) is 33.3 Å². The van der Waals surface area contributed by atoms with Gasteiger partial charge in [0.2, 0.25) is 0 Å². The van der Waals surface area contributed by atoms with Crippen molar-refractivity contribution in [2.45, 2.75) is 0 Å². The summed E-state index contributed by atoms with van der Waals surface area (Å²) in [7, 11) is 0. The number of aromatic amines is 3. The van der Waals surface area contributed by atoms with Gasteiger partial charge in [0.25, 0.3) is 0 Å². The number of fused-ring (bicyclic) bond motifs is 1. The Hall–Kier alpha value is -2.57. The molecule has 4 aromatic heterocycles. The second-order valence-electron chi connectivity index (χ2n) is 5.76. The lowest BCUT2D eigenvalue weighted by molar-refractivity contribution is 1.30. The summed E-state index contributed by atoms with van der Waals surface area (Å²) in [6.45, 7) is 0. The summed E-state index contributed by atoms with van der Waals surface area (Å²) < 4.78 is 1.05. The van der Waals surface area contributed by atoms with Crippen LogP contribution in [-0.4, -0.2) is 19.9 Å². The molecule has 122 valence electrons. The summed E-state index contributed by atoms with van der Waals surface area (Å²) in [5.41, 5.74) is 5.14. The normalized spacial score (nSPS) is 11.4. The SMILES string of the molecule is Brc1ccc2[nH]cc(-c3nc(-c4ccc[nH]4)c(-c4cccs4)[nH]3)c2c1. The molecule has 25 heavy (non-hydrogen) atoms. The first-order valence-corrected chi connectivity index (χ1v) is 9.51. The Bertz CT molecular complexity index is 1100. The Morgan fingerprint density at radius 2 is 2.00 bits per heavy atom. The number of nitrogens with zero attached hydrogens (tertiary/aromatic N) is 1. The highest BCUT2D eigenvalue weighted by molar-refractivity contribution is 9.10. The number of benzene rings is 1. The molecular formula is C19H13BrN4S. The van der Waals surface area contributed by atoms with Gasteiger partial charge in [0.1, 0.15) is 11.5 Å². The Labute approximate surface area is 156 Å². The number of rotatable bonds is 3. The third-order valence-corrected chi connectivity index (χ3v) is 5.60. The van der Waals surface area contributed by atoms with Crippen LogP contribution in [0.1, 0.15) is 0 Å². The highest BCUT2D eigenvalue weighted by Crippen LogP contribution is 2.36. The first kappa shape index (κ1) is 14.7. The number of imidazole rings is 1. The van der Waals surface area contributed by atoms with Crippen molar-refractivity contribution >= 4 is 38.2 Å². The summed E-state index contributed by atoms with van der Waals surface area (Å²) in [5.74, 6) is 0.859. The van der Waals surface area contributed by atoms with E-state index in [0.29, 0.717) is 0 Å². The molecule has 0 bridgehead atoms. The zero-order valence-electron chi connectivity index (χ0n) is 13.0. The molecule has 0 aliphatic carbocycles. The minimum absolute atomic E-state index is 0.859. The summed E-state index contributed by atoms with van der Waals surface area (Å²) in [6.07, 6.45) is 3.93. The van der Waals surface area contributed by atoms with E-state index < -0.39 is 0 Å². The van der Waals surface area contributed by atoms with E-state index in [1.165, 1.54) is 4.88 Å². The van der Waals surface area contributed by atoms with Crippen molar-refractivity contribution in [3.63, 3.8) is 0 Å². The number of halogens is 1. The fraction of sp³-hybridized carbons (Fsp3) is 0. The average molecular weight is 409 g/mol. The van der Waals surface area contributed by atoms with E-state index >= 15 is 0 Å². The molecule has 4 heterocycles. The van der Waals surface area contributed by atoms with Crippen LogP contribution in [0.4, 0.5) is 0 Å². The molecule has 1 aromatic carbocycles. The lowest BCUT2D eigenvalue weighted by Gasteiger charge is -1.97. The summed E-state index contributed by atoms with van der Waals surface area (Å²) in [6, 6.07) is 14.4. The lowest BCUT2D eigenvalue weighted by Crippen LogP contribution is -1.81. The molecule has 6 heteroatoms.